The van der Waals surface area contributed by atoms with Crippen LogP contribution in [-0.2, 0) is 11.2 Å². The van der Waals surface area contributed by atoms with E-state index in [1.807, 2.05) is 0 Å². The van der Waals surface area contributed by atoms with Crippen LogP contribution in [0.3, 0.4) is 0 Å². The number of carbonyl (C=O) groups is 1. The fourth-order valence-corrected chi connectivity index (χ4v) is 1.02. The Balaban J connectivity index is 2.87. The summed E-state index contributed by atoms with van der Waals surface area (Å²) in [6.45, 7) is 0. The lowest BCUT2D eigenvalue weighted by Gasteiger charge is -2.06. The van der Waals surface area contributed by atoms with Gasteiger partial charge in [-0.3, -0.25) is 0 Å². The van der Waals surface area contributed by atoms with Crippen LogP contribution in [0.4, 0.5) is 8.78 Å². The number of hydrogen-bond acceptors (Lipinski definition) is 2. The molecule has 0 aliphatic heterocycles. The largest absolute Gasteiger partial charge is 0.545 e. The van der Waals surface area contributed by atoms with E-state index < -0.39 is 17.6 Å². The predicted molar refractivity (Wildman–Crippen MR) is 44.4 cm³/mol. The predicted octanol–water partition coefficient (Wildman–Crippen LogP) is 1.13. The van der Waals surface area contributed by atoms with Gasteiger partial charge >= 0.3 is 0 Å². The zero-order valence-electron chi connectivity index (χ0n) is 7.17. The molecule has 0 bridgehead atoms. The highest BCUT2D eigenvalue weighted by atomic mass is 19.3. The van der Waals surface area contributed by atoms with Crippen molar-refractivity contribution in [2.45, 2.75) is 6.42 Å². The van der Waals surface area contributed by atoms with Gasteiger partial charge in [-0.1, -0.05) is 30.3 Å². The van der Waals surface area contributed by atoms with E-state index in [0.717, 1.165) is 0 Å². The zero-order chi connectivity index (χ0) is 10.6. The summed E-state index contributed by atoms with van der Waals surface area (Å²) in [5.74, 6) is -1.83. The molecule has 1 rings (SSSR count). The average molecular weight is 197 g/mol. The molecule has 0 saturated carbocycles. The van der Waals surface area contributed by atoms with E-state index in [1.165, 1.54) is 0 Å². The SMILES string of the molecule is O=C([O-])C(Cc1ccccc1)=C(F)F. The quantitative estimate of drug-likeness (QED) is 0.681. The molecule has 74 valence electrons. The summed E-state index contributed by atoms with van der Waals surface area (Å²) < 4.78 is 24.2. The van der Waals surface area contributed by atoms with Crippen LogP contribution in [0.2, 0.25) is 0 Å². The number of hydrogen-bond donors (Lipinski definition) is 0. The van der Waals surface area contributed by atoms with Gasteiger partial charge in [-0.25, -0.2) is 0 Å². The Kier molecular flexibility index (Phi) is 3.34. The average Bonchev–Trinajstić information content (AvgIpc) is 2.15. The molecule has 0 heterocycles. The second-order valence-electron chi connectivity index (χ2n) is 2.69. The molecule has 4 heteroatoms. The summed E-state index contributed by atoms with van der Waals surface area (Å²) in [7, 11) is 0. The molecule has 0 atom stereocenters. The zero-order valence-corrected chi connectivity index (χ0v) is 7.17. The maximum absolute atomic E-state index is 12.1. The van der Waals surface area contributed by atoms with E-state index in [2.05, 4.69) is 0 Å². The molecule has 0 aliphatic rings. The third kappa shape index (κ3) is 2.65. The maximum atomic E-state index is 12.1. The van der Waals surface area contributed by atoms with Gasteiger partial charge in [0.05, 0.1) is 5.97 Å². The van der Waals surface area contributed by atoms with Crippen LogP contribution in [0, 0.1) is 0 Å². The monoisotopic (exact) mass is 197 g/mol. The van der Waals surface area contributed by atoms with Gasteiger partial charge in [-0.2, -0.15) is 8.78 Å². The van der Waals surface area contributed by atoms with Gasteiger partial charge < -0.3 is 9.90 Å². The molecular weight excluding hydrogens is 190 g/mol. The summed E-state index contributed by atoms with van der Waals surface area (Å²) in [6.07, 6.45) is -2.51. The van der Waals surface area contributed by atoms with Crippen molar-refractivity contribution in [3.63, 3.8) is 0 Å². The molecule has 1 aromatic carbocycles. The molecule has 0 radical (unpaired) electrons. The molecule has 0 spiro atoms. The third-order valence-corrected chi connectivity index (χ3v) is 1.70. The third-order valence-electron chi connectivity index (χ3n) is 1.70. The van der Waals surface area contributed by atoms with Crippen LogP contribution in [0.15, 0.2) is 42.0 Å². The van der Waals surface area contributed by atoms with Gasteiger partial charge in [0, 0.05) is 12.0 Å². The highest BCUT2D eigenvalue weighted by Crippen LogP contribution is 2.13. The second-order valence-corrected chi connectivity index (χ2v) is 2.69. The Labute approximate surface area is 79.5 Å². The highest BCUT2D eigenvalue weighted by molar-refractivity contribution is 5.85. The van der Waals surface area contributed by atoms with Gasteiger partial charge in [0.15, 0.2) is 0 Å². The molecule has 0 fully saturated rings. The van der Waals surface area contributed by atoms with Crippen molar-refractivity contribution in [1.82, 2.24) is 0 Å². The number of benzene rings is 1. The Bertz CT molecular complexity index is 354. The topological polar surface area (TPSA) is 40.1 Å². The van der Waals surface area contributed by atoms with Crippen molar-refractivity contribution < 1.29 is 18.7 Å². The molecule has 0 unspecified atom stereocenters. The van der Waals surface area contributed by atoms with Gasteiger partial charge in [0.25, 0.3) is 6.08 Å². The van der Waals surface area contributed by atoms with Crippen LogP contribution in [0.1, 0.15) is 5.56 Å². The Morgan fingerprint density at radius 1 is 1.21 bits per heavy atom. The number of rotatable bonds is 3. The number of carboxylic acid groups (broad SMARTS) is 1. The molecule has 0 N–H and O–H groups in total. The molecule has 0 amide bonds. The molecule has 14 heavy (non-hydrogen) atoms. The van der Waals surface area contributed by atoms with Crippen molar-refractivity contribution in [2.75, 3.05) is 0 Å². The van der Waals surface area contributed by atoms with Gasteiger partial charge in [-0.15, -0.1) is 0 Å². The van der Waals surface area contributed by atoms with E-state index in [4.69, 9.17) is 0 Å². The lowest BCUT2D eigenvalue weighted by Crippen LogP contribution is -2.26. The van der Waals surface area contributed by atoms with Crippen LogP contribution in [0.5, 0.6) is 0 Å². The van der Waals surface area contributed by atoms with Crippen molar-refractivity contribution in [3.8, 4) is 0 Å². The Hall–Kier alpha value is -1.71. The van der Waals surface area contributed by atoms with E-state index >= 15 is 0 Å². The van der Waals surface area contributed by atoms with Crippen molar-refractivity contribution in [2.24, 2.45) is 0 Å². The van der Waals surface area contributed by atoms with Gasteiger partial charge in [0.1, 0.15) is 0 Å². The Morgan fingerprint density at radius 2 is 1.79 bits per heavy atom. The lowest BCUT2D eigenvalue weighted by atomic mass is 10.1. The molecule has 2 nitrogen and oxygen atoms in total. The van der Waals surface area contributed by atoms with Gasteiger partial charge in [0.2, 0.25) is 0 Å². The van der Waals surface area contributed by atoms with E-state index in [1.54, 1.807) is 30.3 Å². The van der Waals surface area contributed by atoms with E-state index in [0.29, 0.717) is 5.56 Å². The Morgan fingerprint density at radius 3 is 2.21 bits per heavy atom. The minimum Gasteiger partial charge on any atom is -0.545 e. The minimum atomic E-state index is -2.20. The smallest absolute Gasteiger partial charge is 0.275 e. The molecular formula is C10H7F2O2-. The fourth-order valence-electron chi connectivity index (χ4n) is 1.02. The summed E-state index contributed by atoms with van der Waals surface area (Å²) in [5.41, 5.74) is -0.448. The first kappa shape index (κ1) is 10.4. The molecule has 0 saturated heterocycles. The first-order valence-corrected chi connectivity index (χ1v) is 3.90. The molecule has 0 aromatic heterocycles. The van der Waals surface area contributed by atoms with Crippen molar-refractivity contribution in [3.05, 3.63) is 47.5 Å². The summed E-state index contributed by atoms with van der Waals surface area (Å²) >= 11 is 0. The highest BCUT2D eigenvalue weighted by Gasteiger charge is 2.08. The normalized spacial score (nSPS) is 9.57. The van der Waals surface area contributed by atoms with E-state index in [9.17, 15) is 18.7 Å². The van der Waals surface area contributed by atoms with Crippen LogP contribution >= 0.6 is 0 Å². The summed E-state index contributed by atoms with van der Waals surface area (Å²) in [5, 5.41) is 10.3. The number of aliphatic carboxylic acids is 1. The van der Waals surface area contributed by atoms with Gasteiger partial charge in [-0.05, 0) is 5.56 Å². The standard InChI is InChI=1S/C10H8F2O2/c11-9(12)8(10(13)14)6-7-4-2-1-3-5-7/h1-5H,6H2,(H,13,14)/p-1. The maximum Gasteiger partial charge on any atom is 0.275 e. The lowest BCUT2D eigenvalue weighted by molar-refractivity contribution is -0.299. The first-order chi connectivity index (χ1) is 6.61. The van der Waals surface area contributed by atoms with Crippen LogP contribution < -0.4 is 5.11 Å². The minimum absolute atomic E-state index is 0.314. The fraction of sp³-hybridized carbons (Fsp3) is 0.100. The number of carbonyl (C=O) groups excluding carboxylic acids is 1. The van der Waals surface area contributed by atoms with Crippen LogP contribution in [-0.4, -0.2) is 5.97 Å². The number of halogens is 2. The van der Waals surface area contributed by atoms with Crippen molar-refractivity contribution >= 4 is 5.97 Å². The molecule has 1 aromatic rings. The molecule has 0 aliphatic carbocycles. The van der Waals surface area contributed by atoms with E-state index in [-0.39, 0.29) is 6.42 Å². The summed E-state index contributed by atoms with van der Waals surface area (Å²) in [4.78, 5) is 10.3. The van der Waals surface area contributed by atoms with Crippen molar-refractivity contribution in [1.29, 1.82) is 0 Å². The van der Waals surface area contributed by atoms with Crippen LogP contribution in [0.25, 0.3) is 0 Å². The number of carboxylic acids is 1. The summed E-state index contributed by atoms with van der Waals surface area (Å²) in [6, 6.07) is 8.17. The first-order valence-electron chi connectivity index (χ1n) is 3.90. The second kappa shape index (κ2) is 4.50.